The second-order valence-corrected chi connectivity index (χ2v) is 4.95. The first kappa shape index (κ1) is 15.5. The third-order valence-corrected chi connectivity index (χ3v) is 3.32. The third-order valence-electron chi connectivity index (χ3n) is 2.24. The normalized spacial score (nSPS) is 11.9. The number of rotatable bonds is 7. The second kappa shape index (κ2) is 7.75. The van der Waals surface area contributed by atoms with Crippen molar-refractivity contribution in [2.45, 2.75) is 12.5 Å². The fourth-order valence-corrected chi connectivity index (χ4v) is 2.11. The largest absolute Gasteiger partial charge is 0.480 e. The lowest BCUT2D eigenvalue weighted by molar-refractivity contribution is -0.137. The Bertz CT molecular complexity index is 456. The van der Waals surface area contributed by atoms with E-state index in [9.17, 15) is 14.0 Å². The molecule has 0 saturated carbocycles. The summed E-state index contributed by atoms with van der Waals surface area (Å²) in [7, 11) is 0. The van der Waals surface area contributed by atoms with Crippen LogP contribution < -0.4 is 11.1 Å². The fourth-order valence-electron chi connectivity index (χ4n) is 1.22. The van der Waals surface area contributed by atoms with Crippen molar-refractivity contribution >= 4 is 29.3 Å². The number of carboxylic acids is 1. The topological polar surface area (TPSA) is 92.4 Å². The number of carbonyl (C=O) groups is 2. The van der Waals surface area contributed by atoms with E-state index in [0.717, 1.165) is 0 Å². The Labute approximate surface area is 114 Å². The molecule has 0 heterocycles. The Kier molecular flexibility index (Phi) is 6.31. The molecule has 0 spiro atoms. The molecule has 0 saturated heterocycles. The smallest absolute Gasteiger partial charge is 0.321 e. The lowest BCUT2D eigenvalue weighted by Crippen LogP contribution is -2.32. The minimum atomic E-state index is -1.07. The van der Waals surface area contributed by atoms with Crippen molar-refractivity contribution < 1.29 is 19.1 Å². The van der Waals surface area contributed by atoms with Crippen LogP contribution in [0.3, 0.4) is 0 Å². The average Bonchev–Trinajstić information content (AvgIpc) is 2.37. The van der Waals surface area contributed by atoms with Gasteiger partial charge in [-0.3, -0.25) is 9.59 Å². The molecule has 4 N–H and O–H groups in total. The number of anilines is 1. The van der Waals surface area contributed by atoms with Crippen molar-refractivity contribution in [3.63, 3.8) is 0 Å². The van der Waals surface area contributed by atoms with Gasteiger partial charge in [0.15, 0.2) is 0 Å². The van der Waals surface area contributed by atoms with Gasteiger partial charge < -0.3 is 16.2 Å². The van der Waals surface area contributed by atoms with E-state index in [1.807, 2.05) is 0 Å². The summed E-state index contributed by atoms with van der Waals surface area (Å²) in [4.78, 5) is 22.0. The lowest BCUT2D eigenvalue weighted by Gasteiger charge is -2.07. The van der Waals surface area contributed by atoms with Crippen LogP contribution in [0.15, 0.2) is 24.3 Å². The number of thioether (sulfide) groups is 1. The van der Waals surface area contributed by atoms with Gasteiger partial charge in [-0.25, -0.2) is 4.39 Å². The molecule has 1 amide bonds. The van der Waals surface area contributed by atoms with Gasteiger partial charge in [0.2, 0.25) is 5.91 Å². The lowest BCUT2D eigenvalue weighted by atomic mass is 10.3. The molecule has 19 heavy (non-hydrogen) atoms. The minimum Gasteiger partial charge on any atom is -0.480 e. The summed E-state index contributed by atoms with van der Waals surface area (Å²) in [5, 5.41) is 11.0. The summed E-state index contributed by atoms with van der Waals surface area (Å²) in [6, 6.07) is 4.96. The molecule has 7 heteroatoms. The van der Waals surface area contributed by atoms with Crippen molar-refractivity contribution in [2.24, 2.45) is 5.73 Å². The van der Waals surface area contributed by atoms with Gasteiger partial charge in [-0.2, -0.15) is 11.8 Å². The molecule has 104 valence electrons. The Hall–Kier alpha value is -1.60. The molecular weight excluding hydrogens is 271 g/mol. The minimum absolute atomic E-state index is 0.139. The summed E-state index contributed by atoms with van der Waals surface area (Å²) in [5.41, 5.74) is 5.44. The highest BCUT2D eigenvalue weighted by Crippen LogP contribution is 2.13. The molecule has 0 aliphatic rings. The van der Waals surface area contributed by atoms with E-state index < -0.39 is 17.8 Å². The maximum Gasteiger partial charge on any atom is 0.321 e. The molecule has 0 unspecified atom stereocenters. The van der Waals surface area contributed by atoms with Gasteiger partial charge in [0.25, 0.3) is 0 Å². The van der Waals surface area contributed by atoms with Crippen LogP contribution in [-0.4, -0.2) is 34.5 Å². The standard InChI is InChI=1S/C12H15FN2O3S/c13-8-3-1-2-4-10(8)15-11(16)5-6-19-7-9(14)12(17)18/h1-4,9H,5-7,14H2,(H,15,16)(H,17,18)/t9-/m1/s1. The van der Waals surface area contributed by atoms with Crippen molar-refractivity contribution in [2.75, 3.05) is 16.8 Å². The quantitative estimate of drug-likeness (QED) is 0.657. The average molecular weight is 286 g/mol. The van der Waals surface area contributed by atoms with Crippen LogP contribution in [0.2, 0.25) is 0 Å². The Morgan fingerprint density at radius 1 is 1.42 bits per heavy atom. The number of carbonyl (C=O) groups excluding carboxylic acids is 1. The molecule has 0 fully saturated rings. The molecule has 0 bridgehead atoms. The maximum absolute atomic E-state index is 13.2. The zero-order valence-corrected chi connectivity index (χ0v) is 11.0. The van der Waals surface area contributed by atoms with Crippen molar-refractivity contribution in [1.82, 2.24) is 0 Å². The molecule has 0 aromatic heterocycles. The van der Waals surface area contributed by atoms with Crippen LogP contribution in [-0.2, 0) is 9.59 Å². The number of nitrogens with two attached hydrogens (primary N) is 1. The van der Waals surface area contributed by atoms with E-state index in [2.05, 4.69) is 5.32 Å². The zero-order valence-electron chi connectivity index (χ0n) is 10.1. The van der Waals surface area contributed by atoms with Crippen LogP contribution in [0.1, 0.15) is 6.42 Å². The summed E-state index contributed by atoms with van der Waals surface area (Å²) in [6.07, 6.45) is 0.172. The SMILES string of the molecule is N[C@H](CSCCC(=O)Nc1ccccc1F)C(=O)O. The maximum atomic E-state index is 13.2. The molecule has 5 nitrogen and oxygen atoms in total. The zero-order chi connectivity index (χ0) is 14.3. The van der Waals surface area contributed by atoms with Gasteiger partial charge in [-0.1, -0.05) is 12.1 Å². The molecule has 1 atom stereocenters. The fraction of sp³-hybridized carbons (Fsp3) is 0.333. The van der Waals surface area contributed by atoms with Gasteiger partial charge in [0, 0.05) is 17.9 Å². The summed E-state index contributed by atoms with van der Waals surface area (Å²) in [6.45, 7) is 0. The summed E-state index contributed by atoms with van der Waals surface area (Å²) < 4.78 is 13.2. The first-order valence-electron chi connectivity index (χ1n) is 5.61. The van der Waals surface area contributed by atoms with Crippen LogP contribution in [0.4, 0.5) is 10.1 Å². The van der Waals surface area contributed by atoms with E-state index in [1.165, 1.54) is 30.0 Å². The number of carboxylic acid groups (broad SMARTS) is 1. The van der Waals surface area contributed by atoms with Gasteiger partial charge in [-0.05, 0) is 12.1 Å². The first-order chi connectivity index (χ1) is 9.00. The van der Waals surface area contributed by atoms with Crippen LogP contribution in [0.5, 0.6) is 0 Å². The molecule has 1 rings (SSSR count). The van der Waals surface area contributed by atoms with Gasteiger partial charge in [-0.15, -0.1) is 0 Å². The predicted octanol–water partition coefficient (Wildman–Crippen LogP) is 1.30. The number of para-hydroxylation sites is 1. The van der Waals surface area contributed by atoms with Crippen molar-refractivity contribution in [1.29, 1.82) is 0 Å². The highest BCUT2D eigenvalue weighted by atomic mass is 32.2. The van der Waals surface area contributed by atoms with Crippen molar-refractivity contribution in [3.8, 4) is 0 Å². The van der Waals surface area contributed by atoms with E-state index in [0.29, 0.717) is 5.75 Å². The highest BCUT2D eigenvalue weighted by molar-refractivity contribution is 7.99. The summed E-state index contributed by atoms with van der Waals surface area (Å²) >= 11 is 1.27. The number of hydrogen-bond acceptors (Lipinski definition) is 4. The van der Waals surface area contributed by atoms with E-state index >= 15 is 0 Å². The first-order valence-corrected chi connectivity index (χ1v) is 6.76. The van der Waals surface area contributed by atoms with Crippen LogP contribution in [0.25, 0.3) is 0 Å². The Morgan fingerprint density at radius 2 is 2.11 bits per heavy atom. The number of benzene rings is 1. The Morgan fingerprint density at radius 3 is 2.74 bits per heavy atom. The second-order valence-electron chi connectivity index (χ2n) is 3.80. The van der Waals surface area contributed by atoms with Gasteiger partial charge in [0.05, 0.1) is 5.69 Å². The molecule has 1 aromatic carbocycles. The number of hydrogen-bond donors (Lipinski definition) is 3. The van der Waals surface area contributed by atoms with Crippen molar-refractivity contribution in [3.05, 3.63) is 30.1 Å². The number of amides is 1. The number of halogens is 1. The van der Waals surface area contributed by atoms with E-state index in [-0.39, 0.29) is 23.8 Å². The molecule has 0 aliphatic carbocycles. The highest BCUT2D eigenvalue weighted by Gasteiger charge is 2.11. The van der Waals surface area contributed by atoms with Gasteiger partial charge in [0.1, 0.15) is 11.9 Å². The molecule has 0 radical (unpaired) electrons. The van der Waals surface area contributed by atoms with E-state index in [1.54, 1.807) is 6.07 Å². The predicted molar refractivity (Wildman–Crippen MR) is 72.6 cm³/mol. The summed E-state index contributed by atoms with van der Waals surface area (Å²) in [5.74, 6) is -1.20. The van der Waals surface area contributed by atoms with Crippen LogP contribution in [0, 0.1) is 5.82 Å². The number of aliphatic carboxylic acids is 1. The Balaban J connectivity index is 2.26. The van der Waals surface area contributed by atoms with E-state index in [4.69, 9.17) is 10.8 Å². The third kappa shape index (κ3) is 5.71. The molecule has 1 aromatic rings. The molecule has 0 aliphatic heterocycles. The molecular formula is C12H15FN2O3S. The van der Waals surface area contributed by atoms with Gasteiger partial charge >= 0.3 is 5.97 Å². The monoisotopic (exact) mass is 286 g/mol. The van der Waals surface area contributed by atoms with Crippen LogP contribution >= 0.6 is 11.8 Å². The number of nitrogens with one attached hydrogen (secondary N) is 1.